The summed E-state index contributed by atoms with van der Waals surface area (Å²) >= 11 is 6.58. The fourth-order valence-electron chi connectivity index (χ4n) is 3.51. The summed E-state index contributed by atoms with van der Waals surface area (Å²) in [6, 6.07) is 0.653. The van der Waals surface area contributed by atoms with Crippen LogP contribution in [0, 0.1) is 5.92 Å². The van der Waals surface area contributed by atoms with Gasteiger partial charge in [0.1, 0.15) is 0 Å². The second-order valence-corrected chi connectivity index (χ2v) is 6.56. The van der Waals surface area contributed by atoms with Gasteiger partial charge in [-0.05, 0) is 51.5 Å². The second-order valence-electron chi connectivity index (χ2n) is 6.19. The summed E-state index contributed by atoms with van der Waals surface area (Å²) in [7, 11) is 0. The Morgan fingerprint density at radius 1 is 1.24 bits per heavy atom. The summed E-state index contributed by atoms with van der Waals surface area (Å²) in [5.41, 5.74) is 2.31. The van der Waals surface area contributed by atoms with Crippen molar-refractivity contribution in [1.82, 2.24) is 15.1 Å². The van der Waals surface area contributed by atoms with Gasteiger partial charge in [0.2, 0.25) is 0 Å². The molecule has 0 saturated heterocycles. The van der Waals surface area contributed by atoms with Gasteiger partial charge in [-0.25, -0.2) is 0 Å². The number of aryl methyl sites for hydroxylation is 2. The first-order valence-corrected chi connectivity index (χ1v) is 9.06. The van der Waals surface area contributed by atoms with E-state index in [4.69, 9.17) is 11.6 Å². The molecule has 120 valence electrons. The average molecular weight is 312 g/mol. The third kappa shape index (κ3) is 4.01. The Labute approximate surface area is 134 Å². The average Bonchev–Trinajstić information content (AvgIpc) is 2.82. The second kappa shape index (κ2) is 8.19. The summed E-state index contributed by atoms with van der Waals surface area (Å²) < 4.78 is 2.12. The van der Waals surface area contributed by atoms with E-state index in [-0.39, 0.29) is 0 Å². The quantitative estimate of drug-likeness (QED) is 0.817. The SMILES string of the molecule is CCCNC1CCCCC1Cc1c(Cl)c(CC)nn1CC. The van der Waals surface area contributed by atoms with Crippen molar-refractivity contribution in [2.45, 2.75) is 78.3 Å². The summed E-state index contributed by atoms with van der Waals surface area (Å²) in [4.78, 5) is 0. The Balaban J connectivity index is 2.12. The van der Waals surface area contributed by atoms with Gasteiger partial charge in [0.05, 0.1) is 16.4 Å². The lowest BCUT2D eigenvalue weighted by Gasteiger charge is -2.32. The highest BCUT2D eigenvalue weighted by molar-refractivity contribution is 6.31. The van der Waals surface area contributed by atoms with E-state index in [1.807, 2.05) is 0 Å². The lowest BCUT2D eigenvalue weighted by molar-refractivity contribution is 0.257. The molecule has 1 N–H and O–H groups in total. The lowest BCUT2D eigenvalue weighted by Crippen LogP contribution is -2.40. The highest BCUT2D eigenvalue weighted by Gasteiger charge is 2.27. The molecule has 0 amide bonds. The van der Waals surface area contributed by atoms with Crippen LogP contribution in [0.1, 0.15) is 64.3 Å². The van der Waals surface area contributed by atoms with Crippen LogP contribution in [0.4, 0.5) is 0 Å². The maximum atomic E-state index is 6.58. The van der Waals surface area contributed by atoms with Crippen LogP contribution in [0.3, 0.4) is 0 Å². The van der Waals surface area contributed by atoms with Crippen LogP contribution in [0.2, 0.25) is 5.02 Å². The van der Waals surface area contributed by atoms with E-state index < -0.39 is 0 Å². The van der Waals surface area contributed by atoms with E-state index in [1.54, 1.807) is 0 Å². The molecule has 1 aliphatic rings. The van der Waals surface area contributed by atoms with Gasteiger partial charge in [-0.1, -0.05) is 38.3 Å². The van der Waals surface area contributed by atoms with Gasteiger partial charge in [-0.3, -0.25) is 4.68 Å². The Morgan fingerprint density at radius 2 is 2.00 bits per heavy atom. The maximum absolute atomic E-state index is 6.58. The van der Waals surface area contributed by atoms with Crippen LogP contribution in [0.25, 0.3) is 0 Å². The molecule has 1 fully saturated rings. The molecule has 0 aliphatic heterocycles. The molecule has 1 saturated carbocycles. The Bertz CT molecular complexity index is 441. The van der Waals surface area contributed by atoms with Gasteiger partial charge in [0, 0.05) is 12.6 Å². The molecule has 1 aromatic heterocycles. The third-order valence-corrected chi connectivity index (χ3v) is 5.15. The fraction of sp³-hybridized carbons (Fsp3) is 0.824. The zero-order chi connectivity index (χ0) is 15.2. The summed E-state index contributed by atoms with van der Waals surface area (Å²) in [5, 5.41) is 9.33. The first kappa shape index (κ1) is 16.8. The van der Waals surface area contributed by atoms with Crippen molar-refractivity contribution in [1.29, 1.82) is 0 Å². The standard InChI is InChI=1S/C17H30ClN3/c1-4-11-19-15-10-8-7-9-13(15)12-16-17(18)14(5-2)20-21(16)6-3/h13,15,19H,4-12H2,1-3H3. The number of hydrogen-bond acceptors (Lipinski definition) is 2. The number of nitrogens with zero attached hydrogens (tertiary/aromatic N) is 2. The molecule has 4 heteroatoms. The highest BCUT2D eigenvalue weighted by atomic mass is 35.5. The first-order chi connectivity index (χ1) is 10.2. The third-order valence-electron chi connectivity index (χ3n) is 4.72. The van der Waals surface area contributed by atoms with E-state index >= 15 is 0 Å². The highest BCUT2D eigenvalue weighted by Crippen LogP contribution is 2.31. The number of halogens is 1. The minimum Gasteiger partial charge on any atom is -0.314 e. The van der Waals surface area contributed by atoms with Gasteiger partial charge in [-0.2, -0.15) is 5.10 Å². The van der Waals surface area contributed by atoms with Crippen LogP contribution >= 0.6 is 11.6 Å². The molecule has 21 heavy (non-hydrogen) atoms. The minimum atomic E-state index is 0.653. The smallest absolute Gasteiger partial charge is 0.0849 e. The molecule has 2 rings (SSSR count). The number of nitrogens with one attached hydrogen (secondary N) is 1. The van der Waals surface area contributed by atoms with Crippen LogP contribution in [-0.4, -0.2) is 22.4 Å². The van der Waals surface area contributed by atoms with Gasteiger partial charge in [-0.15, -0.1) is 0 Å². The van der Waals surface area contributed by atoms with Crippen molar-refractivity contribution in [3.8, 4) is 0 Å². The monoisotopic (exact) mass is 311 g/mol. The van der Waals surface area contributed by atoms with Gasteiger partial charge in [0.15, 0.2) is 0 Å². The van der Waals surface area contributed by atoms with Crippen molar-refractivity contribution in [3.05, 3.63) is 16.4 Å². The van der Waals surface area contributed by atoms with Gasteiger partial charge < -0.3 is 5.32 Å². The summed E-state index contributed by atoms with van der Waals surface area (Å²) in [6.07, 6.45) is 8.53. The molecule has 1 aromatic rings. The van der Waals surface area contributed by atoms with Gasteiger partial charge in [0.25, 0.3) is 0 Å². The molecule has 2 atom stereocenters. The molecular weight excluding hydrogens is 282 g/mol. The van der Waals surface area contributed by atoms with Crippen molar-refractivity contribution >= 4 is 11.6 Å². The Kier molecular flexibility index (Phi) is 6.56. The van der Waals surface area contributed by atoms with Crippen LogP contribution in [-0.2, 0) is 19.4 Å². The van der Waals surface area contributed by atoms with E-state index in [2.05, 4.69) is 35.9 Å². The fourth-order valence-corrected chi connectivity index (χ4v) is 3.86. The molecular formula is C17H30ClN3. The molecule has 2 unspecified atom stereocenters. The molecule has 1 heterocycles. The van der Waals surface area contributed by atoms with Gasteiger partial charge >= 0.3 is 0 Å². The van der Waals surface area contributed by atoms with Crippen molar-refractivity contribution in [3.63, 3.8) is 0 Å². The molecule has 1 aliphatic carbocycles. The molecule has 0 aromatic carbocycles. The van der Waals surface area contributed by atoms with Crippen molar-refractivity contribution in [2.24, 2.45) is 5.92 Å². The van der Waals surface area contributed by atoms with Crippen molar-refractivity contribution < 1.29 is 0 Å². The topological polar surface area (TPSA) is 29.9 Å². The normalized spacial score (nSPS) is 22.7. The van der Waals surface area contributed by atoms with Crippen LogP contribution in [0.15, 0.2) is 0 Å². The predicted molar refractivity (Wildman–Crippen MR) is 90.0 cm³/mol. The summed E-state index contributed by atoms with van der Waals surface area (Å²) in [5.74, 6) is 0.703. The first-order valence-electron chi connectivity index (χ1n) is 8.68. The van der Waals surface area contributed by atoms with E-state index in [9.17, 15) is 0 Å². The number of rotatable bonds is 7. The minimum absolute atomic E-state index is 0.653. The van der Waals surface area contributed by atoms with E-state index in [0.29, 0.717) is 12.0 Å². The van der Waals surface area contributed by atoms with Crippen molar-refractivity contribution in [2.75, 3.05) is 6.54 Å². The maximum Gasteiger partial charge on any atom is 0.0849 e. The van der Waals surface area contributed by atoms with Crippen LogP contribution in [0.5, 0.6) is 0 Å². The lowest BCUT2D eigenvalue weighted by atomic mass is 9.81. The number of aromatic nitrogens is 2. The molecule has 0 bridgehead atoms. The Morgan fingerprint density at radius 3 is 2.67 bits per heavy atom. The van der Waals surface area contributed by atoms with E-state index in [1.165, 1.54) is 37.8 Å². The zero-order valence-electron chi connectivity index (χ0n) is 13.8. The zero-order valence-corrected chi connectivity index (χ0v) is 14.5. The molecule has 3 nitrogen and oxygen atoms in total. The summed E-state index contributed by atoms with van der Waals surface area (Å²) in [6.45, 7) is 8.56. The number of hydrogen-bond donors (Lipinski definition) is 1. The largest absolute Gasteiger partial charge is 0.314 e. The van der Waals surface area contributed by atoms with Crippen LogP contribution < -0.4 is 5.32 Å². The Hall–Kier alpha value is -0.540. The van der Waals surface area contributed by atoms with E-state index in [0.717, 1.165) is 36.6 Å². The molecule has 0 radical (unpaired) electrons. The predicted octanol–water partition coefficient (Wildman–Crippen LogP) is 4.22. The molecule has 0 spiro atoms.